The van der Waals surface area contributed by atoms with Gasteiger partial charge in [-0.2, -0.15) is 0 Å². The fraction of sp³-hybridized carbons (Fsp3) is 0.786. The Hall–Kier alpha value is -3.18. The summed E-state index contributed by atoms with van der Waals surface area (Å²) in [6.45, 7) is 0.187. The summed E-state index contributed by atoms with van der Waals surface area (Å²) in [5.74, 6) is -5.97. The summed E-state index contributed by atoms with van der Waals surface area (Å²) in [5.41, 5.74) is 0. The lowest BCUT2D eigenvalue weighted by Gasteiger charge is -2.49. The Kier molecular flexibility index (Phi) is 13.8. The Bertz CT molecular complexity index is 1320. The second-order valence-corrected chi connectivity index (χ2v) is 12.3. The number of carboxylic acids is 2. The number of carbonyl (C=O) groups is 4. The topological polar surface area (TPSA) is 379 Å². The molecule has 0 spiro atoms. The number of carboxylic acid groups (broad SMARTS) is 2. The van der Waals surface area contributed by atoms with Crippen molar-refractivity contribution in [2.75, 3.05) is 13.2 Å². The van der Waals surface area contributed by atoms with Crippen molar-refractivity contribution < 1.29 is 109 Å². The van der Waals surface area contributed by atoms with E-state index in [1.165, 1.54) is 0 Å². The molecular weight excluding hydrogens is 716 g/mol. The minimum atomic E-state index is -2.28. The summed E-state index contributed by atoms with van der Waals surface area (Å²) in [5, 5.41) is 118. The Morgan fingerprint density at radius 3 is 1.71 bits per heavy atom. The molecule has 2 amide bonds. The van der Waals surface area contributed by atoms with Crippen LogP contribution in [-0.2, 0) is 52.3 Å². The lowest BCUT2D eigenvalue weighted by atomic mass is 9.94. The maximum absolute atomic E-state index is 12.4. The van der Waals surface area contributed by atoms with Gasteiger partial charge < -0.3 is 100.0 Å². The molecule has 4 heterocycles. The molecule has 13 N–H and O–H groups in total. The first-order valence-electron chi connectivity index (χ1n) is 15.7. The first kappa shape index (κ1) is 41.6. The molecule has 24 nitrogen and oxygen atoms in total. The van der Waals surface area contributed by atoms with Gasteiger partial charge in [0.15, 0.2) is 25.0 Å². The monoisotopic (exact) mass is 758 g/mol. The molecule has 0 radical (unpaired) electrons. The minimum absolute atomic E-state index is 0.662. The molecular formula is C28H42N2O22. The van der Waals surface area contributed by atoms with E-state index in [1.807, 2.05) is 0 Å². The third-order valence-corrected chi connectivity index (χ3v) is 8.53. The Balaban J connectivity index is 1.62. The van der Waals surface area contributed by atoms with Crippen molar-refractivity contribution >= 4 is 23.8 Å². The van der Waals surface area contributed by atoms with Crippen LogP contribution < -0.4 is 10.6 Å². The zero-order valence-corrected chi connectivity index (χ0v) is 27.3. The van der Waals surface area contributed by atoms with E-state index in [2.05, 4.69) is 10.6 Å². The predicted octanol–water partition coefficient (Wildman–Crippen LogP) is -8.12. The summed E-state index contributed by atoms with van der Waals surface area (Å²) in [4.78, 5) is 48.0. The average molecular weight is 759 g/mol. The highest BCUT2D eigenvalue weighted by molar-refractivity contribution is 5.84. The van der Waals surface area contributed by atoms with Crippen LogP contribution in [0.25, 0.3) is 0 Å². The van der Waals surface area contributed by atoms with Gasteiger partial charge in [0.25, 0.3) is 0 Å². The highest BCUT2D eigenvalue weighted by Crippen LogP contribution is 2.34. The molecule has 0 bridgehead atoms. The second-order valence-electron chi connectivity index (χ2n) is 12.3. The zero-order valence-electron chi connectivity index (χ0n) is 27.3. The largest absolute Gasteiger partial charge is 0.479 e. The average Bonchev–Trinajstić information content (AvgIpc) is 3.07. The van der Waals surface area contributed by atoms with Crippen LogP contribution in [0.5, 0.6) is 0 Å². The van der Waals surface area contributed by atoms with Gasteiger partial charge in [-0.25, -0.2) is 9.59 Å². The van der Waals surface area contributed by atoms with Crippen molar-refractivity contribution in [1.29, 1.82) is 0 Å². The second kappa shape index (κ2) is 17.3. The number of aliphatic hydroxyl groups is 9. The van der Waals surface area contributed by atoms with Gasteiger partial charge in [0.1, 0.15) is 79.2 Å². The van der Waals surface area contributed by atoms with E-state index in [9.17, 15) is 75.3 Å². The molecule has 4 aliphatic rings. The van der Waals surface area contributed by atoms with E-state index in [0.29, 0.717) is 6.08 Å². The molecule has 0 saturated carbocycles. The van der Waals surface area contributed by atoms with E-state index in [1.54, 1.807) is 0 Å². The number of ether oxygens (including phenoxy) is 7. The van der Waals surface area contributed by atoms with Gasteiger partial charge >= 0.3 is 11.9 Å². The number of aliphatic carboxylic acids is 2. The minimum Gasteiger partial charge on any atom is -0.479 e. The third kappa shape index (κ3) is 8.95. The lowest BCUT2D eigenvalue weighted by Crippen LogP contribution is -2.70. The van der Waals surface area contributed by atoms with Gasteiger partial charge in [0.05, 0.1) is 13.2 Å². The lowest BCUT2D eigenvalue weighted by molar-refractivity contribution is -0.363. The van der Waals surface area contributed by atoms with E-state index in [-0.39, 0.29) is 0 Å². The SMILES string of the molecule is CC(=O)NC1C(O)O[C@@H](CO)[C@@H](O)C1O[C@@H]1O[C@@H](C(=O)O)[C@@H](O[C@@H]2OC(CO)[C@@H](O)[C@H](O[C@@H]3OC(C(=O)O)=C[C@H](O)C3O)C2NC(C)=O)C(O)C1O. The third-order valence-electron chi connectivity index (χ3n) is 8.53. The number of aliphatic hydroxyl groups excluding tert-OH is 9. The van der Waals surface area contributed by atoms with E-state index < -0.39 is 153 Å². The first-order valence-corrected chi connectivity index (χ1v) is 15.7. The number of amides is 2. The van der Waals surface area contributed by atoms with Crippen molar-refractivity contribution in [3.63, 3.8) is 0 Å². The van der Waals surface area contributed by atoms with E-state index >= 15 is 0 Å². The predicted molar refractivity (Wildman–Crippen MR) is 156 cm³/mol. The van der Waals surface area contributed by atoms with Crippen molar-refractivity contribution in [3.05, 3.63) is 11.8 Å². The first-order chi connectivity index (χ1) is 24.4. The van der Waals surface area contributed by atoms with Crippen LogP contribution in [0.3, 0.4) is 0 Å². The van der Waals surface area contributed by atoms with E-state index in [0.717, 1.165) is 13.8 Å². The van der Waals surface area contributed by atoms with Crippen molar-refractivity contribution in [2.24, 2.45) is 0 Å². The number of nitrogens with one attached hydrogen (secondary N) is 2. The number of hydrogen-bond acceptors (Lipinski definition) is 20. The molecule has 4 aliphatic heterocycles. The van der Waals surface area contributed by atoms with Crippen molar-refractivity contribution in [1.82, 2.24) is 10.6 Å². The van der Waals surface area contributed by atoms with Crippen LogP contribution in [-0.4, -0.2) is 204 Å². The zero-order chi connectivity index (χ0) is 38.8. The number of hydrogen-bond donors (Lipinski definition) is 13. The maximum Gasteiger partial charge on any atom is 0.371 e. The highest BCUT2D eigenvalue weighted by Gasteiger charge is 2.56. The molecule has 3 saturated heterocycles. The van der Waals surface area contributed by atoms with Gasteiger partial charge in [0, 0.05) is 13.8 Å². The molecule has 0 aromatic heterocycles. The van der Waals surface area contributed by atoms with Crippen molar-refractivity contribution in [2.45, 2.75) is 124 Å². The highest BCUT2D eigenvalue weighted by atomic mass is 16.8. The van der Waals surface area contributed by atoms with Crippen molar-refractivity contribution in [3.8, 4) is 0 Å². The van der Waals surface area contributed by atoms with Crippen LogP contribution in [0.1, 0.15) is 13.8 Å². The summed E-state index contributed by atoms with van der Waals surface area (Å²) >= 11 is 0. The molecule has 0 aliphatic carbocycles. The van der Waals surface area contributed by atoms with Gasteiger partial charge in [0.2, 0.25) is 23.9 Å². The van der Waals surface area contributed by atoms with Crippen LogP contribution in [0.2, 0.25) is 0 Å². The molecule has 24 heteroatoms. The molecule has 0 aromatic rings. The van der Waals surface area contributed by atoms with Crippen LogP contribution in [0.15, 0.2) is 11.8 Å². The Morgan fingerprint density at radius 1 is 0.654 bits per heavy atom. The summed E-state index contributed by atoms with van der Waals surface area (Å²) in [6, 6.07) is -3.31. The Labute approximate surface area is 292 Å². The fourth-order valence-corrected chi connectivity index (χ4v) is 6.01. The smallest absolute Gasteiger partial charge is 0.371 e. The summed E-state index contributed by atoms with van der Waals surface area (Å²) in [6.07, 6.45) is -30.6. The van der Waals surface area contributed by atoms with Gasteiger partial charge in [-0.1, -0.05) is 0 Å². The fourth-order valence-electron chi connectivity index (χ4n) is 6.01. The van der Waals surface area contributed by atoms with Gasteiger partial charge in [-0.15, -0.1) is 0 Å². The molecule has 296 valence electrons. The Morgan fingerprint density at radius 2 is 1.17 bits per heavy atom. The maximum atomic E-state index is 12.4. The molecule has 4 rings (SSSR count). The van der Waals surface area contributed by atoms with Gasteiger partial charge in [-0.05, 0) is 6.08 Å². The van der Waals surface area contributed by atoms with E-state index in [4.69, 9.17) is 33.2 Å². The molecule has 8 unspecified atom stereocenters. The summed E-state index contributed by atoms with van der Waals surface area (Å²) in [7, 11) is 0. The summed E-state index contributed by atoms with van der Waals surface area (Å²) < 4.78 is 38.1. The molecule has 18 atom stereocenters. The molecule has 52 heavy (non-hydrogen) atoms. The molecule has 0 aromatic carbocycles. The number of rotatable bonds is 12. The van der Waals surface area contributed by atoms with Crippen LogP contribution in [0, 0.1) is 0 Å². The standard InChI is InChI=1S/C28H42N2O22/c1-6(33)29-12-19(15(37)10(4-31)46-25(12)45)49-28-18(40)17(39)21(22(52-28)24(43)44)51-26-13(30-7(2)34)20(16(38)11(5-32)48-26)50-27-14(36)8(35)3-9(47-27)23(41)42/h3,8,10-22,25-28,31-32,35-40,45H,4-5H2,1-2H3,(H,29,33)(H,30,34)(H,41,42)(H,43,44)/t8-,10-,11?,12?,13?,14?,15+,16+,17?,18?,19?,20+,21-,22+,25?,26-,27-,28+/m0/s1. The van der Waals surface area contributed by atoms with Crippen LogP contribution >= 0.6 is 0 Å². The van der Waals surface area contributed by atoms with Crippen LogP contribution in [0.4, 0.5) is 0 Å². The van der Waals surface area contributed by atoms with Gasteiger partial charge in [-0.3, -0.25) is 9.59 Å². The normalized spacial score (nSPS) is 43.8. The molecule has 3 fully saturated rings. The number of carbonyl (C=O) groups excluding carboxylic acids is 2. The quantitative estimate of drug-likeness (QED) is 0.0878.